The van der Waals surface area contributed by atoms with Crippen LogP contribution in [-0.4, -0.2) is 35.3 Å². The predicted molar refractivity (Wildman–Crippen MR) is 152 cm³/mol. The lowest BCUT2D eigenvalue weighted by Gasteiger charge is -2.34. The van der Waals surface area contributed by atoms with Gasteiger partial charge in [0.15, 0.2) is 0 Å². The summed E-state index contributed by atoms with van der Waals surface area (Å²) >= 11 is 0. The molecule has 1 aliphatic heterocycles. The van der Waals surface area contributed by atoms with Crippen molar-refractivity contribution in [3.05, 3.63) is 118 Å². The van der Waals surface area contributed by atoms with Gasteiger partial charge < -0.3 is 15.0 Å². The molecule has 6 nitrogen and oxygen atoms in total. The van der Waals surface area contributed by atoms with Gasteiger partial charge in [0.1, 0.15) is 5.82 Å². The molecule has 208 valence electrons. The number of hydrogen-bond acceptors (Lipinski definition) is 4. The highest BCUT2D eigenvalue weighted by Crippen LogP contribution is 2.38. The normalized spacial score (nSPS) is 16.1. The number of halogens is 1. The van der Waals surface area contributed by atoms with Crippen LogP contribution in [0, 0.1) is 5.82 Å². The SMILES string of the molecule is CCOC(=O)C1=C(C)N(Cc2cccc(C(=O)NC(C)CCc3ccccc3)c2)C(=O)CC1c1cccc(F)c1. The molecule has 0 spiro atoms. The van der Waals surface area contributed by atoms with E-state index in [9.17, 15) is 18.8 Å². The molecule has 0 saturated carbocycles. The molecule has 1 heterocycles. The average Bonchev–Trinajstić information content (AvgIpc) is 2.94. The first-order valence-corrected chi connectivity index (χ1v) is 13.6. The molecule has 40 heavy (non-hydrogen) atoms. The minimum Gasteiger partial charge on any atom is -0.463 e. The van der Waals surface area contributed by atoms with Gasteiger partial charge in [0.2, 0.25) is 5.91 Å². The van der Waals surface area contributed by atoms with Crippen molar-refractivity contribution in [1.82, 2.24) is 10.2 Å². The van der Waals surface area contributed by atoms with Crippen LogP contribution in [0.5, 0.6) is 0 Å². The Morgan fingerprint density at radius 3 is 2.48 bits per heavy atom. The summed E-state index contributed by atoms with van der Waals surface area (Å²) in [5, 5.41) is 3.06. The topological polar surface area (TPSA) is 75.7 Å². The highest BCUT2D eigenvalue weighted by Gasteiger charge is 2.37. The predicted octanol–water partition coefficient (Wildman–Crippen LogP) is 5.93. The quantitative estimate of drug-likeness (QED) is 0.322. The highest BCUT2D eigenvalue weighted by molar-refractivity contribution is 5.96. The molecular formula is C33H35FN2O4. The molecule has 7 heteroatoms. The molecule has 2 atom stereocenters. The van der Waals surface area contributed by atoms with Gasteiger partial charge in [-0.15, -0.1) is 0 Å². The smallest absolute Gasteiger partial charge is 0.336 e. The van der Waals surface area contributed by atoms with Crippen LogP contribution >= 0.6 is 0 Å². The van der Waals surface area contributed by atoms with Crippen molar-refractivity contribution >= 4 is 17.8 Å². The molecule has 0 aliphatic carbocycles. The van der Waals surface area contributed by atoms with Crippen LogP contribution in [0.2, 0.25) is 0 Å². The van der Waals surface area contributed by atoms with Gasteiger partial charge in [-0.3, -0.25) is 9.59 Å². The van der Waals surface area contributed by atoms with E-state index in [0.29, 0.717) is 22.4 Å². The zero-order valence-electron chi connectivity index (χ0n) is 23.2. The van der Waals surface area contributed by atoms with Crippen LogP contribution in [0.25, 0.3) is 0 Å². The molecule has 2 unspecified atom stereocenters. The van der Waals surface area contributed by atoms with Crippen molar-refractivity contribution in [3.63, 3.8) is 0 Å². The number of aryl methyl sites for hydroxylation is 1. The molecule has 4 rings (SSSR count). The van der Waals surface area contributed by atoms with E-state index in [4.69, 9.17) is 4.74 Å². The van der Waals surface area contributed by atoms with Crippen molar-refractivity contribution in [2.75, 3.05) is 6.61 Å². The fourth-order valence-electron chi connectivity index (χ4n) is 5.09. The third-order valence-corrected chi connectivity index (χ3v) is 7.19. The number of benzene rings is 3. The number of nitrogens with zero attached hydrogens (tertiary/aromatic N) is 1. The van der Waals surface area contributed by atoms with E-state index in [1.807, 2.05) is 31.2 Å². The molecule has 0 bridgehead atoms. The lowest BCUT2D eigenvalue weighted by molar-refractivity contribution is -0.140. The Balaban J connectivity index is 1.51. The van der Waals surface area contributed by atoms with Crippen LogP contribution in [0.4, 0.5) is 4.39 Å². The number of amides is 2. The van der Waals surface area contributed by atoms with Gasteiger partial charge in [-0.2, -0.15) is 0 Å². The summed E-state index contributed by atoms with van der Waals surface area (Å²) in [6, 6.07) is 23.2. The second kappa shape index (κ2) is 13.2. The van der Waals surface area contributed by atoms with E-state index in [-0.39, 0.29) is 37.4 Å². The fraction of sp³-hybridized carbons (Fsp3) is 0.303. The van der Waals surface area contributed by atoms with E-state index in [2.05, 4.69) is 17.4 Å². The Morgan fingerprint density at radius 1 is 1.02 bits per heavy atom. The third kappa shape index (κ3) is 7.03. The molecule has 0 radical (unpaired) electrons. The van der Waals surface area contributed by atoms with Crippen molar-refractivity contribution in [3.8, 4) is 0 Å². The standard InChI is InChI=1S/C33H35FN2O4/c1-4-40-33(39)31-23(3)36(30(37)20-29(31)26-13-9-15-28(34)19-26)21-25-12-8-14-27(18-25)32(38)35-22(2)16-17-24-10-6-5-7-11-24/h5-15,18-19,22,29H,4,16-17,20-21H2,1-3H3,(H,35,38). The summed E-state index contributed by atoms with van der Waals surface area (Å²) < 4.78 is 19.3. The second-order valence-electron chi connectivity index (χ2n) is 10.1. The van der Waals surface area contributed by atoms with E-state index in [0.717, 1.165) is 18.4 Å². The number of hydrogen-bond donors (Lipinski definition) is 1. The molecule has 1 aliphatic rings. The minimum atomic E-state index is -0.604. The first kappa shape index (κ1) is 28.7. The Kier molecular flexibility index (Phi) is 9.48. The Labute approximate surface area is 234 Å². The van der Waals surface area contributed by atoms with Crippen molar-refractivity contribution in [1.29, 1.82) is 0 Å². The molecule has 3 aromatic carbocycles. The van der Waals surface area contributed by atoms with E-state index in [1.54, 1.807) is 49.1 Å². The van der Waals surface area contributed by atoms with E-state index in [1.165, 1.54) is 17.7 Å². The molecule has 0 fully saturated rings. The minimum absolute atomic E-state index is 0.00798. The first-order chi connectivity index (χ1) is 19.3. The van der Waals surface area contributed by atoms with Gasteiger partial charge in [0.25, 0.3) is 5.91 Å². The molecule has 1 N–H and O–H groups in total. The lowest BCUT2D eigenvalue weighted by atomic mass is 9.83. The van der Waals surface area contributed by atoms with Crippen LogP contribution in [-0.2, 0) is 27.3 Å². The number of esters is 1. The fourth-order valence-corrected chi connectivity index (χ4v) is 5.09. The van der Waals surface area contributed by atoms with Crippen LogP contribution in [0.1, 0.15) is 66.6 Å². The number of allylic oxidation sites excluding steroid dienone is 1. The molecule has 3 aromatic rings. The third-order valence-electron chi connectivity index (χ3n) is 7.19. The van der Waals surface area contributed by atoms with Crippen LogP contribution in [0.15, 0.2) is 90.1 Å². The van der Waals surface area contributed by atoms with Gasteiger partial charge >= 0.3 is 5.97 Å². The molecule has 2 amide bonds. The van der Waals surface area contributed by atoms with E-state index < -0.39 is 17.7 Å². The van der Waals surface area contributed by atoms with Crippen molar-refractivity contribution in [2.24, 2.45) is 0 Å². The highest BCUT2D eigenvalue weighted by atomic mass is 19.1. The van der Waals surface area contributed by atoms with Gasteiger partial charge in [-0.05, 0) is 74.6 Å². The first-order valence-electron chi connectivity index (χ1n) is 13.6. The van der Waals surface area contributed by atoms with Crippen LogP contribution in [0.3, 0.4) is 0 Å². The molecule has 0 aromatic heterocycles. The maximum Gasteiger partial charge on any atom is 0.336 e. The Morgan fingerprint density at radius 2 is 1.75 bits per heavy atom. The summed E-state index contributed by atoms with van der Waals surface area (Å²) in [6.45, 7) is 5.78. The number of carbonyl (C=O) groups is 3. The maximum atomic E-state index is 14.0. The van der Waals surface area contributed by atoms with Gasteiger partial charge in [-0.1, -0.05) is 54.6 Å². The largest absolute Gasteiger partial charge is 0.463 e. The average molecular weight is 543 g/mol. The van der Waals surface area contributed by atoms with Crippen molar-refractivity contribution < 1.29 is 23.5 Å². The summed E-state index contributed by atoms with van der Waals surface area (Å²) in [7, 11) is 0. The summed E-state index contributed by atoms with van der Waals surface area (Å²) in [4.78, 5) is 40.9. The summed E-state index contributed by atoms with van der Waals surface area (Å²) in [5.41, 5.74) is 3.84. The van der Waals surface area contributed by atoms with Gasteiger partial charge in [0, 0.05) is 29.6 Å². The number of carbonyl (C=O) groups excluding carboxylic acids is 3. The summed E-state index contributed by atoms with van der Waals surface area (Å²) in [6.07, 6.45) is 1.68. The molecule has 0 saturated heterocycles. The Bertz CT molecular complexity index is 1400. The van der Waals surface area contributed by atoms with Crippen LogP contribution < -0.4 is 5.32 Å². The Hall–Kier alpha value is -4.26. The van der Waals surface area contributed by atoms with Gasteiger partial charge in [0.05, 0.1) is 18.7 Å². The molecular weight excluding hydrogens is 507 g/mol. The van der Waals surface area contributed by atoms with Gasteiger partial charge in [-0.25, -0.2) is 9.18 Å². The van der Waals surface area contributed by atoms with Crippen molar-refractivity contribution in [2.45, 2.75) is 58.5 Å². The zero-order valence-corrected chi connectivity index (χ0v) is 23.2. The lowest BCUT2D eigenvalue weighted by Crippen LogP contribution is -2.38. The maximum absolute atomic E-state index is 14.0. The zero-order chi connectivity index (χ0) is 28.6. The monoisotopic (exact) mass is 542 g/mol. The number of ether oxygens (including phenoxy) is 1. The number of nitrogens with one attached hydrogen (secondary N) is 1. The number of rotatable bonds is 10. The summed E-state index contributed by atoms with van der Waals surface area (Å²) in [5.74, 6) is -1.93. The van der Waals surface area contributed by atoms with E-state index >= 15 is 0 Å². The second-order valence-corrected chi connectivity index (χ2v) is 10.1.